The zero-order valence-electron chi connectivity index (χ0n) is 16.3. The van der Waals surface area contributed by atoms with Crippen LogP contribution in [-0.2, 0) is 25.9 Å². The third-order valence-electron chi connectivity index (χ3n) is 4.74. The van der Waals surface area contributed by atoms with Crippen LogP contribution in [0.15, 0.2) is 42.7 Å². The molecular weight excluding hydrogens is 336 g/mol. The van der Waals surface area contributed by atoms with Crippen molar-refractivity contribution >= 4 is 0 Å². The maximum atomic E-state index is 4.30. The van der Waals surface area contributed by atoms with E-state index in [0.29, 0.717) is 0 Å². The molecule has 6 nitrogen and oxygen atoms in total. The Balaban J connectivity index is 1.38. The maximum absolute atomic E-state index is 4.30. The Morgan fingerprint density at radius 2 is 1.41 bits per heavy atom. The first-order chi connectivity index (χ1) is 13.3. The summed E-state index contributed by atoms with van der Waals surface area (Å²) >= 11 is 0. The number of unbranched alkanes of at least 4 members (excludes halogenated alkanes) is 5. The summed E-state index contributed by atoms with van der Waals surface area (Å²) in [6.45, 7) is 3.79. The van der Waals surface area contributed by atoms with Gasteiger partial charge in [0.15, 0.2) is 0 Å². The second-order valence-electron chi connectivity index (χ2n) is 7.13. The van der Waals surface area contributed by atoms with E-state index in [1.165, 1.54) is 44.1 Å². The van der Waals surface area contributed by atoms with Gasteiger partial charge < -0.3 is 0 Å². The molecule has 0 aliphatic heterocycles. The third kappa shape index (κ3) is 6.62. The Morgan fingerprint density at radius 3 is 2.22 bits per heavy atom. The summed E-state index contributed by atoms with van der Waals surface area (Å²) in [5, 5.41) is 17.0. The van der Waals surface area contributed by atoms with Crippen LogP contribution in [0.5, 0.6) is 0 Å². The minimum atomic E-state index is 0.750. The van der Waals surface area contributed by atoms with Crippen LogP contribution in [0.25, 0.3) is 0 Å². The van der Waals surface area contributed by atoms with E-state index in [1.807, 2.05) is 33.8 Å². The SMILES string of the molecule is CCCCCCCCc1cn(CCc2cn(Cc3ccccc3)nn2)nn1. The monoisotopic (exact) mass is 366 g/mol. The van der Waals surface area contributed by atoms with E-state index in [0.717, 1.165) is 37.3 Å². The standard InChI is InChI=1S/C21H30N6/c1-2-3-4-5-6-10-13-20-17-26(24-22-20)15-14-21-18-27(25-23-21)16-19-11-8-7-9-12-19/h7-9,11-12,17-18H,2-6,10,13-16H2,1H3. The van der Waals surface area contributed by atoms with E-state index < -0.39 is 0 Å². The van der Waals surface area contributed by atoms with Gasteiger partial charge in [0.1, 0.15) is 0 Å². The van der Waals surface area contributed by atoms with Crippen LogP contribution < -0.4 is 0 Å². The molecule has 0 saturated heterocycles. The van der Waals surface area contributed by atoms with Crippen LogP contribution in [0.4, 0.5) is 0 Å². The normalized spacial score (nSPS) is 11.1. The minimum absolute atomic E-state index is 0.750. The molecule has 0 saturated carbocycles. The van der Waals surface area contributed by atoms with E-state index in [4.69, 9.17) is 0 Å². The van der Waals surface area contributed by atoms with Crippen molar-refractivity contribution in [2.75, 3.05) is 0 Å². The molecule has 0 radical (unpaired) electrons. The summed E-state index contributed by atoms with van der Waals surface area (Å²) in [7, 11) is 0. The molecule has 3 aromatic rings. The number of benzene rings is 1. The van der Waals surface area contributed by atoms with Gasteiger partial charge >= 0.3 is 0 Å². The van der Waals surface area contributed by atoms with Crippen LogP contribution in [0.2, 0.25) is 0 Å². The highest BCUT2D eigenvalue weighted by molar-refractivity contribution is 5.14. The van der Waals surface area contributed by atoms with Crippen molar-refractivity contribution in [3.63, 3.8) is 0 Å². The lowest BCUT2D eigenvalue weighted by Crippen LogP contribution is -2.02. The van der Waals surface area contributed by atoms with Crippen LogP contribution in [0.3, 0.4) is 0 Å². The number of aryl methyl sites for hydroxylation is 3. The zero-order chi connectivity index (χ0) is 18.7. The summed E-state index contributed by atoms with van der Waals surface area (Å²) in [4.78, 5) is 0. The molecule has 0 bridgehead atoms. The van der Waals surface area contributed by atoms with Gasteiger partial charge in [0.05, 0.1) is 17.9 Å². The lowest BCUT2D eigenvalue weighted by Gasteiger charge is -1.99. The average Bonchev–Trinajstić information content (AvgIpc) is 3.33. The summed E-state index contributed by atoms with van der Waals surface area (Å²) in [5.41, 5.74) is 3.31. The smallest absolute Gasteiger partial charge is 0.0845 e. The number of aromatic nitrogens is 6. The lowest BCUT2D eigenvalue weighted by atomic mass is 10.1. The number of hydrogen-bond donors (Lipinski definition) is 0. The van der Waals surface area contributed by atoms with Gasteiger partial charge in [-0.3, -0.25) is 4.68 Å². The summed E-state index contributed by atoms with van der Waals surface area (Å²) in [5.74, 6) is 0. The molecule has 2 heterocycles. The first-order valence-electron chi connectivity index (χ1n) is 10.2. The maximum Gasteiger partial charge on any atom is 0.0845 e. The largest absolute Gasteiger partial charge is 0.252 e. The van der Waals surface area contributed by atoms with Gasteiger partial charge in [-0.1, -0.05) is 79.8 Å². The zero-order valence-corrected chi connectivity index (χ0v) is 16.3. The lowest BCUT2D eigenvalue weighted by molar-refractivity contribution is 0.583. The van der Waals surface area contributed by atoms with E-state index in [1.54, 1.807) is 0 Å². The van der Waals surface area contributed by atoms with Crippen LogP contribution in [0.1, 0.15) is 62.4 Å². The van der Waals surface area contributed by atoms with Gasteiger partial charge in [0.2, 0.25) is 0 Å². The van der Waals surface area contributed by atoms with E-state index in [9.17, 15) is 0 Å². The number of nitrogens with zero attached hydrogens (tertiary/aromatic N) is 6. The Labute approximate surface area is 161 Å². The number of hydrogen-bond acceptors (Lipinski definition) is 4. The molecule has 144 valence electrons. The fourth-order valence-corrected chi connectivity index (χ4v) is 3.18. The molecule has 1 aromatic carbocycles. The van der Waals surface area contributed by atoms with Gasteiger partial charge in [-0.15, -0.1) is 10.2 Å². The molecule has 0 fully saturated rings. The summed E-state index contributed by atoms with van der Waals surface area (Å²) in [6, 6.07) is 10.3. The molecule has 0 N–H and O–H groups in total. The van der Waals surface area contributed by atoms with Gasteiger partial charge in [0.25, 0.3) is 0 Å². The van der Waals surface area contributed by atoms with Gasteiger partial charge in [-0.05, 0) is 18.4 Å². The fraction of sp³-hybridized carbons (Fsp3) is 0.524. The molecule has 0 aliphatic carbocycles. The summed E-state index contributed by atoms with van der Waals surface area (Å²) < 4.78 is 3.80. The Bertz CT molecular complexity index is 777. The van der Waals surface area contributed by atoms with Gasteiger partial charge in [-0.2, -0.15) is 0 Å². The molecule has 0 spiro atoms. The first-order valence-corrected chi connectivity index (χ1v) is 10.2. The van der Waals surface area contributed by atoms with Gasteiger partial charge in [0, 0.05) is 25.4 Å². The van der Waals surface area contributed by atoms with Crippen LogP contribution in [-0.4, -0.2) is 30.0 Å². The van der Waals surface area contributed by atoms with Crippen LogP contribution >= 0.6 is 0 Å². The second kappa shape index (κ2) is 10.6. The first kappa shape index (κ1) is 19.3. The molecule has 3 rings (SSSR count). The molecule has 0 atom stereocenters. The molecule has 6 heteroatoms. The Morgan fingerprint density at radius 1 is 0.741 bits per heavy atom. The van der Waals surface area contributed by atoms with Crippen molar-refractivity contribution in [2.45, 2.75) is 71.4 Å². The van der Waals surface area contributed by atoms with Crippen molar-refractivity contribution in [3.05, 3.63) is 59.7 Å². The second-order valence-corrected chi connectivity index (χ2v) is 7.13. The molecule has 2 aromatic heterocycles. The highest BCUT2D eigenvalue weighted by Gasteiger charge is 2.05. The quantitative estimate of drug-likeness (QED) is 0.453. The third-order valence-corrected chi connectivity index (χ3v) is 4.74. The summed E-state index contributed by atoms with van der Waals surface area (Å²) in [6.07, 6.45) is 13.8. The average molecular weight is 367 g/mol. The van der Waals surface area contributed by atoms with E-state index in [2.05, 4.69) is 45.9 Å². The molecule has 0 aliphatic rings. The van der Waals surface area contributed by atoms with E-state index in [-0.39, 0.29) is 0 Å². The van der Waals surface area contributed by atoms with Crippen molar-refractivity contribution in [3.8, 4) is 0 Å². The topological polar surface area (TPSA) is 61.4 Å². The molecular formula is C21H30N6. The van der Waals surface area contributed by atoms with Gasteiger partial charge in [-0.25, -0.2) is 4.68 Å². The van der Waals surface area contributed by atoms with E-state index >= 15 is 0 Å². The van der Waals surface area contributed by atoms with Crippen LogP contribution in [0, 0.1) is 0 Å². The van der Waals surface area contributed by atoms with Crippen molar-refractivity contribution < 1.29 is 0 Å². The molecule has 0 amide bonds. The highest BCUT2D eigenvalue weighted by atomic mass is 15.4. The van der Waals surface area contributed by atoms with Crippen molar-refractivity contribution in [2.24, 2.45) is 0 Å². The van der Waals surface area contributed by atoms with Crippen molar-refractivity contribution in [1.82, 2.24) is 30.0 Å². The predicted molar refractivity (Wildman–Crippen MR) is 106 cm³/mol. The molecule has 0 unspecified atom stereocenters. The molecule has 27 heavy (non-hydrogen) atoms. The minimum Gasteiger partial charge on any atom is -0.252 e. The van der Waals surface area contributed by atoms with Crippen molar-refractivity contribution in [1.29, 1.82) is 0 Å². The highest BCUT2D eigenvalue weighted by Crippen LogP contribution is 2.08. The Kier molecular flexibility index (Phi) is 7.56. The Hall–Kier alpha value is -2.50. The number of rotatable bonds is 12. The predicted octanol–water partition coefficient (Wildman–Crippen LogP) is 4.06. The fourth-order valence-electron chi connectivity index (χ4n) is 3.18.